The van der Waals surface area contributed by atoms with E-state index in [9.17, 15) is 0 Å². The molecule has 0 bridgehead atoms. The van der Waals surface area contributed by atoms with E-state index in [4.69, 9.17) is 0 Å². The first kappa shape index (κ1) is 12.4. The van der Waals surface area contributed by atoms with Crippen molar-refractivity contribution in [3.8, 4) is 0 Å². The summed E-state index contributed by atoms with van der Waals surface area (Å²) in [6.07, 6.45) is 1.91. The topological polar surface area (TPSA) is 0 Å². The zero-order chi connectivity index (χ0) is 13.1. The molecule has 0 radical (unpaired) electrons. The number of hydrogen-bond donors (Lipinski definition) is 0. The van der Waals surface area contributed by atoms with Gasteiger partial charge in [-0.25, -0.2) is 0 Å². The second kappa shape index (κ2) is 5.05. The van der Waals surface area contributed by atoms with Gasteiger partial charge in [0.05, 0.1) is 0 Å². The van der Waals surface area contributed by atoms with Gasteiger partial charge in [0.15, 0.2) is 0 Å². The van der Waals surface area contributed by atoms with Gasteiger partial charge in [-0.05, 0) is 41.7 Å². The third-order valence-electron chi connectivity index (χ3n) is 3.25. The van der Waals surface area contributed by atoms with Crippen molar-refractivity contribution in [3.63, 3.8) is 0 Å². The average molecular weight is 234 g/mol. The maximum absolute atomic E-state index is 4.23. The largest absolute Gasteiger partial charge is 0.0984 e. The molecule has 0 nitrogen and oxygen atoms in total. The van der Waals surface area contributed by atoms with Crippen molar-refractivity contribution in [3.05, 3.63) is 83.4 Å². The predicted molar refractivity (Wildman–Crippen MR) is 80.6 cm³/mol. The van der Waals surface area contributed by atoms with Gasteiger partial charge in [-0.1, -0.05) is 67.3 Å². The molecule has 0 heteroatoms. The number of rotatable bonds is 3. The van der Waals surface area contributed by atoms with Crippen molar-refractivity contribution in [2.75, 3.05) is 0 Å². The van der Waals surface area contributed by atoms with E-state index >= 15 is 0 Å². The normalized spacial score (nSPS) is 10.1. The monoisotopic (exact) mass is 234 g/mol. The lowest BCUT2D eigenvalue weighted by Crippen LogP contribution is -1.92. The van der Waals surface area contributed by atoms with Gasteiger partial charge >= 0.3 is 0 Å². The molecule has 0 spiro atoms. The molecule has 0 aliphatic heterocycles. The number of hydrogen-bond acceptors (Lipinski definition) is 0. The molecule has 0 saturated heterocycles. The zero-order valence-corrected chi connectivity index (χ0v) is 11.0. The SMILES string of the molecule is C=Cc1c(C)cccc1C(=C)c1ccc(C)cc1. The standard InChI is InChI=1S/C18H18/c1-5-17-14(3)7-6-8-18(17)15(4)16-11-9-13(2)10-12-16/h5-12H,1,4H2,2-3H3. The van der Waals surface area contributed by atoms with Gasteiger partial charge in [-0.2, -0.15) is 0 Å². The van der Waals surface area contributed by atoms with Gasteiger partial charge in [0.25, 0.3) is 0 Å². The molecule has 2 aromatic rings. The van der Waals surface area contributed by atoms with Crippen LogP contribution in [-0.4, -0.2) is 0 Å². The van der Waals surface area contributed by atoms with Crippen LogP contribution in [0.15, 0.2) is 55.6 Å². The molecule has 0 aliphatic rings. The Balaban J connectivity index is 2.49. The molecule has 0 unspecified atom stereocenters. The number of aryl methyl sites for hydroxylation is 2. The number of benzene rings is 2. The van der Waals surface area contributed by atoms with E-state index in [1.54, 1.807) is 0 Å². The molecular formula is C18H18. The minimum Gasteiger partial charge on any atom is -0.0984 e. The minimum atomic E-state index is 1.05. The predicted octanol–water partition coefficient (Wildman–Crippen LogP) is 5.01. The van der Waals surface area contributed by atoms with Crippen molar-refractivity contribution in [2.24, 2.45) is 0 Å². The molecule has 0 saturated carbocycles. The summed E-state index contributed by atoms with van der Waals surface area (Å²) in [5.74, 6) is 0. The van der Waals surface area contributed by atoms with Gasteiger partial charge in [-0.3, -0.25) is 0 Å². The molecular weight excluding hydrogens is 216 g/mol. The Morgan fingerprint density at radius 2 is 1.67 bits per heavy atom. The van der Waals surface area contributed by atoms with Crippen LogP contribution in [0.1, 0.15) is 27.8 Å². The summed E-state index contributed by atoms with van der Waals surface area (Å²) >= 11 is 0. The lowest BCUT2D eigenvalue weighted by molar-refractivity contribution is 1.40. The van der Waals surface area contributed by atoms with E-state index in [1.807, 2.05) is 6.08 Å². The zero-order valence-electron chi connectivity index (χ0n) is 11.0. The molecule has 2 aromatic carbocycles. The molecule has 0 heterocycles. The van der Waals surface area contributed by atoms with E-state index in [0.717, 1.165) is 16.7 Å². The smallest absolute Gasteiger partial charge is 0.0109 e. The van der Waals surface area contributed by atoms with E-state index in [0.29, 0.717) is 0 Å². The van der Waals surface area contributed by atoms with Crippen LogP contribution in [0.25, 0.3) is 11.6 Å². The Morgan fingerprint density at radius 1 is 1.00 bits per heavy atom. The minimum absolute atomic E-state index is 1.05. The molecule has 0 N–H and O–H groups in total. The van der Waals surface area contributed by atoms with Crippen LogP contribution in [0.2, 0.25) is 0 Å². The van der Waals surface area contributed by atoms with Gasteiger partial charge in [0, 0.05) is 0 Å². The summed E-state index contributed by atoms with van der Waals surface area (Å²) < 4.78 is 0. The van der Waals surface area contributed by atoms with Crippen molar-refractivity contribution >= 4 is 11.6 Å². The fourth-order valence-corrected chi connectivity index (χ4v) is 2.12. The van der Waals surface area contributed by atoms with Gasteiger partial charge in [0.2, 0.25) is 0 Å². The highest BCUT2D eigenvalue weighted by Gasteiger charge is 2.07. The highest BCUT2D eigenvalue weighted by atomic mass is 14.1. The summed E-state index contributed by atoms with van der Waals surface area (Å²) in [6.45, 7) is 12.3. The molecule has 0 aromatic heterocycles. The van der Waals surface area contributed by atoms with Crippen LogP contribution in [0, 0.1) is 13.8 Å². The van der Waals surface area contributed by atoms with Crippen molar-refractivity contribution < 1.29 is 0 Å². The lowest BCUT2D eigenvalue weighted by atomic mass is 9.92. The van der Waals surface area contributed by atoms with Crippen molar-refractivity contribution in [2.45, 2.75) is 13.8 Å². The molecule has 18 heavy (non-hydrogen) atoms. The Kier molecular flexibility index (Phi) is 3.47. The molecule has 90 valence electrons. The van der Waals surface area contributed by atoms with Crippen LogP contribution in [-0.2, 0) is 0 Å². The first-order valence-corrected chi connectivity index (χ1v) is 6.12. The van der Waals surface area contributed by atoms with E-state index < -0.39 is 0 Å². The van der Waals surface area contributed by atoms with Gasteiger partial charge in [-0.15, -0.1) is 0 Å². The average Bonchev–Trinajstić information content (AvgIpc) is 2.38. The molecule has 0 fully saturated rings. The van der Waals surface area contributed by atoms with Gasteiger partial charge < -0.3 is 0 Å². The molecule has 2 rings (SSSR count). The summed E-state index contributed by atoms with van der Waals surface area (Å²) in [4.78, 5) is 0. The van der Waals surface area contributed by atoms with E-state index in [1.165, 1.54) is 16.7 Å². The highest BCUT2D eigenvalue weighted by Crippen LogP contribution is 2.27. The summed E-state index contributed by atoms with van der Waals surface area (Å²) in [7, 11) is 0. The summed E-state index contributed by atoms with van der Waals surface area (Å²) in [5.41, 5.74) is 7.04. The second-order valence-electron chi connectivity index (χ2n) is 4.58. The Bertz CT molecular complexity index is 586. The van der Waals surface area contributed by atoms with Crippen LogP contribution in [0.5, 0.6) is 0 Å². The Morgan fingerprint density at radius 3 is 2.28 bits per heavy atom. The fraction of sp³-hybridized carbons (Fsp3) is 0.111. The van der Waals surface area contributed by atoms with E-state index in [2.05, 4.69) is 69.5 Å². The first-order valence-electron chi connectivity index (χ1n) is 6.12. The molecule has 0 atom stereocenters. The molecule has 0 amide bonds. The van der Waals surface area contributed by atoms with Crippen LogP contribution >= 0.6 is 0 Å². The highest BCUT2D eigenvalue weighted by molar-refractivity contribution is 5.83. The lowest BCUT2D eigenvalue weighted by Gasteiger charge is -2.12. The maximum atomic E-state index is 4.23. The third kappa shape index (κ3) is 2.28. The van der Waals surface area contributed by atoms with E-state index in [-0.39, 0.29) is 0 Å². The third-order valence-corrected chi connectivity index (χ3v) is 3.25. The van der Waals surface area contributed by atoms with Crippen LogP contribution in [0.4, 0.5) is 0 Å². The first-order chi connectivity index (χ1) is 8.63. The Hall–Kier alpha value is -2.08. The molecule has 0 aliphatic carbocycles. The van der Waals surface area contributed by atoms with Crippen molar-refractivity contribution in [1.82, 2.24) is 0 Å². The van der Waals surface area contributed by atoms with Gasteiger partial charge in [0.1, 0.15) is 0 Å². The maximum Gasteiger partial charge on any atom is -0.0109 e. The fourth-order valence-electron chi connectivity index (χ4n) is 2.12. The summed E-state index contributed by atoms with van der Waals surface area (Å²) in [5, 5.41) is 0. The second-order valence-corrected chi connectivity index (χ2v) is 4.58. The van der Waals surface area contributed by atoms with Crippen molar-refractivity contribution in [1.29, 1.82) is 0 Å². The quantitative estimate of drug-likeness (QED) is 0.700. The Labute approximate surface area is 109 Å². The van der Waals surface area contributed by atoms with Crippen LogP contribution in [0.3, 0.4) is 0 Å². The summed E-state index contributed by atoms with van der Waals surface area (Å²) in [6, 6.07) is 14.7. The van der Waals surface area contributed by atoms with Crippen LogP contribution < -0.4 is 0 Å².